The molecule has 0 radical (unpaired) electrons. The Morgan fingerprint density at radius 3 is 2.45 bits per heavy atom. The molecule has 0 fully saturated rings. The Balaban J connectivity index is 1.73. The Morgan fingerprint density at radius 2 is 1.69 bits per heavy atom. The average Bonchev–Trinajstić information content (AvgIpc) is 2.69. The molecule has 0 saturated carbocycles. The van der Waals surface area contributed by atoms with Crippen LogP contribution >= 0.6 is 0 Å². The fourth-order valence-electron chi connectivity index (χ4n) is 3.40. The summed E-state index contributed by atoms with van der Waals surface area (Å²) in [6, 6.07) is 16.5. The molecular weight excluding hydrogens is 369 g/mol. The quantitative estimate of drug-likeness (QED) is 0.516. The smallest absolute Gasteiger partial charge is 0.255 e. The normalized spacial score (nSPS) is 11.3. The lowest BCUT2D eigenvalue weighted by Crippen LogP contribution is -2.17. The molecule has 5 nitrogen and oxygen atoms in total. The van der Waals surface area contributed by atoms with Crippen LogP contribution in [0.15, 0.2) is 65.5 Å². The summed E-state index contributed by atoms with van der Waals surface area (Å²) in [6.45, 7) is 0.686. The van der Waals surface area contributed by atoms with Crippen LogP contribution in [0.5, 0.6) is 0 Å². The number of nitrogens with zero attached hydrogens (tertiary/aromatic N) is 1. The van der Waals surface area contributed by atoms with E-state index in [9.17, 15) is 14.0 Å². The van der Waals surface area contributed by atoms with Gasteiger partial charge in [0.1, 0.15) is 5.82 Å². The van der Waals surface area contributed by atoms with Gasteiger partial charge in [-0.3, -0.25) is 9.59 Å². The van der Waals surface area contributed by atoms with Crippen LogP contribution in [-0.2, 0) is 6.54 Å². The van der Waals surface area contributed by atoms with Gasteiger partial charge < -0.3 is 15.2 Å². The van der Waals surface area contributed by atoms with Crippen LogP contribution in [0.4, 0.5) is 10.1 Å². The summed E-state index contributed by atoms with van der Waals surface area (Å²) >= 11 is 0. The van der Waals surface area contributed by atoms with Crippen molar-refractivity contribution in [3.05, 3.63) is 87.8 Å². The highest BCUT2D eigenvalue weighted by Crippen LogP contribution is 2.20. The van der Waals surface area contributed by atoms with E-state index in [1.165, 1.54) is 18.2 Å². The first-order valence-corrected chi connectivity index (χ1v) is 9.21. The molecule has 4 rings (SSSR count). The van der Waals surface area contributed by atoms with Crippen molar-refractivity contribution in [1.82, 2.24) is 9.88 Å². The Morgan fingerprint density at radius 1 is 1.00 bits per heavy atom. The zero-order chi connectivity index (χ0) is 20.5. The van der Waals surface area contributed by atoms with Gasteiger partial charge in [0.15, 0.2) is 5.43 Å². The van der Waals surface area contributed by atoms with Gasteiger partial charge in [-0.25, -0.2) is 4.39 Å². The van der Waals surface area contributed by atoms with Crippen molar-refractivity contribution in [2.24, 2.45) is 0 Å². The van der Waals surface area contributed by atoms with E-state index in [1.807, 2.05) is 43.3 Å². The molecule has 1 heterocycles. The van der Waals surface area contributed by atoms with Crippen molar-refractivity contribution in [2.75, 3.05) is 19.4 Å². The summed E-state index contributed by atoms with van der Waals surface area (Å²) in [5.41, 5.74) is 2.92. The number of H-pyrrole nitrogens is 1. The number of nitrogens with one attached hydrogen (secondary N) is 2. The molecule has 29 heavy (non-hydrogen) atoms. The number of anilines is 1. The summed E-state index contributed by atoms with van der Waals surface area (Å²) in [6.07, 6.45) is 0. The standard InChI is InChI=1S/C23H20FN3O2/c1-27(2)13-15-5-3-4-6-19(15)26-23(29)14-7-9-20-17(11-14)22(28)18-12-16(24)8-10-21(18)25-20/h3-12H,13H2,1-2H3,(H,25,28)(H,26,29). The number of pyridine rings is 1. The van der Waals surface area contributed by atoms with Crippen molar-refractivity contribution in [2.45, 2.75) is 6.54 Å². The molecule has 0 aliphatic heterocycles. The summed E-state index contributed by atoms with van der Waals surface area (Å²) in [5.74, 6) is -0.786. The Labute approximate surface area is 166 Å². The maximum Gasteiger partial charge on any atom is 0.255 e. The molecule has 2 N–H and O–H groups in total. The van der Waals surface area contributed by atoms with Crippen LogP contribution in [0.25, 0.3) is 21.8 Å². The number of carbonyl (C=O) groups is 1. The summed E-state index contributed by atoms with van der Waals surface area (Å²) < 4.78 is 13.6. The number of aromatic nitrogens is 1. The largest absolute Gasteiger partial charge is 0.354 e. The molecule has 0 aliphatic rings. The SMILES string of the molecule is CN(C)Cc1ccccc1NC(=O)c1ccc2[nH]c3ccc(F)cc3c(=O)c2c1. The number of halogens is 1. The molecule has 1 aromatic heterocycles. The first-order valence-electron chi connectivity index (χ1n) is 9.21. The van der Waals surface area contributed by atoms with E-state index < -0.39 is 5.82 Å². The topological polar surface area (TPSA) is 65.2 Å². The molecule has 0 saturated heterocycles. The average molecular weight is 389 g/mol. The molecule has 1 amide bonds. The van der Waals surface area contributed by atoms with E-state index in [2.05, 4.69) is 10.3 Å². The van der Waals surface area contributed by atoms with Gasteiger partial charge in [-0.05, 0) is 62.1 Å². The third-order valence-corrected chi connectivity index (χ3v) is 4.77. The lowest BCUT2D eigenvalue weighted by atomic mass is 10.1. The van der Waals surface area contributed by atoms with Gasteiger partial charge in [0.2, 0.25) is 0 Å². The third-order valence-electron chi connectivity index (χ3n) is 4.77. The van der Waals surface area contributed by atoms with Crippen molar-refractivity contribution < 1.29 is 9.18 Å². The second kappa shape index (κ2) is 7.48. The van der Waals surface area contributed by atoms with E-state index in [1.54, 1.807) is 18.2 Å². The van der Waals surface area contributed by atoms with Crippen LogP contribution in [0.1, 0.15) is 15.9 Å². The van der Waals surface area contributed by atoms with Gasteiger partial charge in [-0.15, -0.1) is 0 Å². The van der Waals surface area contributed by atoms with Gasteiger partial charge in [0.25, 0.3) is 5.91 Å². The van der Waals surface area contributed by atoms with Crippen LogP contribution in [-0.4, -0.2) is 29.9 Å². The lowest BCUT2D eigenvalue weighted by molar-refractivity contribution is 0.102. The van der Waals surface area contributed by atoms with Gasteiger partial charge in [0.05, 0.1) is 0 Å². The predicted molar refractivity (Wildman–Crippen MR) is 114 cm³/mol. The maximum absolute atomic E-state index is 13.6. The number of benzene rings is 3. The highest BCUT2D eigenvalue weighted by Gasteiger charge is 2.13. The molecule has 0 atom stereocenters. The molecular formula is C23H20FN3O2. The number of hydrogen-bond donors (Lipinski definition) is 2. The van der Waals surface area contributed by atoms with Crippen molar-refractivity contribution in [3.8, 4) is 0 Å². The number of amides is 1. The van der Waals surface area contributed by atoms with Crippen LogP contribution < -0.4 is 10.7 Å². The molecule has 3 aromatic carbocycles. The Hall–Kier alpha value is -3.51. The van der Waals surface area contributed by atoms with E-state index in [0.717, 1.165) is 11.3 Å². The highest BCUT2D eigenvalue weighted by atomic mass is 19.1. The highest BCUT2D eigenvalue weighted by molar-refractivity contribution is 6.07. The van der Waals surface area contributed by atoms with Crippen LogP contribution in [0.2, 0.25) is 0 Å². The molecule has 146 valence electrons. The number of para-hydroxylation sites is 1. The minimum absolute atomic E-state index is 0.256. The van der Waals surface area contributed by atoms with E-state index in [4.69, 9.17) is 0 Å². The molecule has 0 bridgehead atoms. The molecule has 6 heteroatoms. The zero-order valence-corrected chi connectivity index (χ0v) is 16.1. The summed E-state index contributed by atoms with van der Waals surface area (Å²) in [4.78, 5) is 30.8. The first kappa shape index (κ1) is 18.8. The number of aromatic amines is 1. The van der Waals surface area contributed by atoms with Gasteiger partial charge in [-0.2, -0.15) is 0 Å². The monoisotopic (exact) mass is 389 g/mol. The number of carbonyl (C=O) groups excluding carboxylic acids is 1. The van der Waals surface area contributed by atoms with E-state index in [-0.39, 0.29) is 16.7 Å². The minimum atomic E-state index is -0.478. The summed E-state index contributed by atoms with van der Waals surface area (Å²) in [5, 5.41) is 3.53. The van der Waals surface area contributed by atoms with Crippen molar-refractivity contribution in [3.63, 3.8) is 0 Å². The first-order chi connectivity index (χ1) is 13.9. The number of hydrogen-bond acceptors (Lipinski definition) is 3. The second-order valence-electron chi connectivity index (χ2n) is 7.25. The predicted octanol–water partition coefficient (Wildman–Crippen LogP) is 4.13. The Kier molecular flexibility index (Phi) is 4.86. The van der Waals surface area contributed by atoms with Crippen LogP contribution in [0, 0.1) is 5.82 Å². The molecule has 0 spiro atoms. The fourth-order valence-corrected chi connectivity index (χ4v) is 3.40. The van der Waals surface area contributed by atoms with Crippen LogP contribution in [0.3, 0.4) is 0 Å². The minimum Gasteiger partial charge on any atom is -0.354 e. The van der Waals surface area contributed by atoms with Crippen molar-refractivity contribution >= 4 is 33.4 Å². The van der Waals surface area contributed by atoms with E-state index >= 15 is 0 Å². The lowest BCUT2D eigenvalue weighted by Gasteiger charge is -2.15. The third kappa shape index (κ3) is 3.75. The molecule has 4 aromatic rings. The maximum atomic E-state index is 13.6. The molecule has 0 aliphatic carbocycles. The fraction of sp³-hybridized carbons (Fsp3) is 0.130. The van der Waals surface area contributed by atoms with Gasteiger partial charge in [-0.1, -0.05) is 18.2 Å². The number of fused-ring (bicyclic) bond motifs is 2. The number of rotatable bonds is 4. The van der Waals surface area contributed by atoms with Gasteiger partial charge in [0, 0.05) is 39.6 Å². The van der Waals surface area contributed by atoms with E-state index in [0.29, 0.717) is 28.5 Å². The second-order valence-corrected chi connectivity index (χ2v) is 7.25. The Bertz CT molecular complexity index is 1290. The van der Waals surface area contributed by atoms with Crippen molar-refractivity contribution in [1.29, 1.82) is 0 Å². The molecule has 0 unspecified atom stereocenters. The van der Waals surface area contributed by atoms with Gasteiger partial charge >= 0.3 is 0 Å². The zero-order valence-electron chi connectivity index (χ0n) is 16.1. The summed E-state index contributed by atoms with van der Waals surface area (Å²) in [7, 11) is 3.92.